The molecule has 0 aromatic heterocycles. The highest BCUT2D eigenvalue weighted by Gasteiger charge is 2.03. The molecule has 0 radical (unpaired) electrons. The Morgan fingerprint density at radius 2 is 1.74 bits per heavy atom. The first-order chi connectivity index (χ1) is 11.0. The van der Waals surface area contributed by atoms with Crippen molar-refractivity contribution in [1.29, 1.82) is 0 Å². The van der Waals surface area contributed by atoms with Gasteiger partial charge in [0.1, 0.15) is 0 Å². The summed E-state index contributed by atoms with van der Waals surface area (Å²) in [6.07, 6.45) is 5.03. The van der Waals surface area contributed by atoms with Crippen molar-refractivity contribution in [2.75, 3.05) is 11.9 Å². The molecule has 23 heavy (non-hydrogen) atoms. The minimum absolute atomic E-state index is 0.437. The van der Waals surface area contributed by atoms with Gasteiger partial charge in [0.15, 0.2) is 10.2 Å². The number of hydrazine groups is 1. The van der Waals surface area contributed by atoms with Gasteiger partial charge in [-0.15, -0.1) is 0 Å². The first-order valence-corrected chi connectivity index (χ1v) is 9.07. The number of hydrogen-bond acceptors (Lipinski definition) is 2. The van der Waals surface area contributed by atoms with E-state index in [2.05, 4.69) is 35.3 Å². The summed E-state index contributed by atoms with van der Waals surface area (Å²) in [5.41, 5.74) is 6.59. The highest BCUT2D eigenvalue weighted by Crippen LogP contribution is 2.13. The second-order valence-corrected chi connectivity index (χ2v) is 6.77. The van der Waals surface area contributed by atoms with Crippen LogP contribution < -0.4 is 21.5 Å². The molecule has 1 aromatic rings. The molecule has 128 valence electrons. The molecular weight excluding hydrogens is 348 g/mol. The lowest BCUT2D eigenvalue weighted by Gasteiger charge is -2.16. The van der Waals surface area contributed by atoms with Crippen LogP contribution >= 0.6 is 36.0 Å². The number of hydrogen-bond donors (Lipinski definition) is 4. The van der Waals surface area contributed by atoms with Crippen LogP contribution in [0.25, 0.3) is 0 Å². The van der Waals surface area contributed by atoms with E-state index in [1.54, 1.807) is 12.1 Å². The molecule has 1 rings (SSSR count). The van der Waals surface area contributed by atoms with Gasteiger partial charge < -0.3 is 10.6 Å². The van der Waals surface area contributed by atoms with Crippen molar-refractivity contribution < 1.29 is 0 Å². The molecule has 0 aliphatic heterocycles. The average molecular weight is 373 g/mol. The van der Waals surface area contributed by atoms with Crippen LogP contribution in [0.3, 0.4) is 0 Å². The third kappa shape index (κ3) is 9.58. The summed E-state index contributed by atoms with van der Waals surface area (Å²) < 4.78 is 0. The quantitative estimate of drug-likeness (QED) is 0.326. The summed E-state index contributed by atoms with van der Waals surface area (Å²) in [5, 5.41) is 7.88. The number of anilines is 1. The maximum Gasteiger partial charge on any atom is 0.189 e. The molecule has 0 fully saturated rings. The van der Waals surface area contributed by atoms with Gasteiger partial charge in [-0.25, -0.2) is 0 Å². The minimum Gasteiger partial charge on any atom is -0.361 e. The Balaban J connectivity index is 2.17. The Hall–Kier alpha value is -1.11. The molecule has 0 saturated heterocycles. The highest BCUT2D eigenvalue weighted by atomic mass is 35.5. The van der Waals surface area contributed by atoms with Crippen molar-refractivity contribution in [1.82, 2.24) is 16.2 Å². The summed E-state index contributed by atoms with van der Waals surface area (Å²) in [7, 11) is 0. The number of halogens is 1. The van der Waals surface area contributed by atoms with Crippen LogP contribution in [0.5, 0.6) is 0 Å². The first kappa shape index (κ1) is 19.9. The Bertz CT molecular complexity index is 493. The van der Waals surface area contributed by atoms with Crippen LogP contribution in [0.4, 0.5) is 5.69 Å². The molecule has 0 spiro atoms. The minimum atomic E-state index is 0.437. The maximum atomic E-state index is 5.84. The van der Waals surface area contributed by atoms with Crippen molar-refractivity contribution in [3.63, 3.8) is 0 Å². The molecule has 1 atom stereocenters. The molecular formula is C16H25ClN4S2. The third-order valence-corrected chi connectivity index (χ3v) is 4.01. The summed E-state index contributed by atoms with van der Waals surface area (Å²) in [6, 6.07) is 7.30. The predicted octanol–water partition coefficient (Wildman–Crippen LogP) is 4.22. The lowest BCUT2D eigenvalue weighted by atomic mass is 10.0. The molecule has 0 unspecified atom stereocenters. The zero-order valence-corrected chi connectivity index (χ0v) is 16.0. The number of unbranched alkanes of at least 4 members (excludes halogenated alkanes) is 2. The molecule has 0 amide bonds. The smallest absolute Gasteiger partial charge is 0.189 e. The van der Waals surface area contributed by atoms with Crippen LogP contribution in [0.2, 0.25) is 5.02 Å². The molecule has 0 heterocycles. The van der Waals surface area contributed by atoms with Gasteiger partial charge in [0, 0.05) is 17.3 Å². The van der Waals surface area contributed by atoms with Crippen molar-refractivity contribution in [3.8, 4) is 0 Å². The van der Waals surface area contributed by atoms with Gasteiger partial charge in [0.25, 0.3) is 0 Å². The zero-order chi connectivity index (χ0) is 17.1. The molecule has 0 bridgehead atoms. The largest absolute Gasteiger partial charge is 0.361 e. The maximum absolute atomic E-state index is 5.84. The summed E-state index contributed by atoms with van der Waals surface area (Å²) in [5.74, 6) is 0.598. The van der Waals surface area contributed by atoms with Gasteiger partial charge in [-0.2, -0.15) is 0 Å². The fourth-order valence-electron chi connectivity index (χ4n) is 1.97. The molecule has 7 heteroatoms. The third-order valence-electron chi connectivity index (χ3n) is 3.30. The first-order valence-electron chi connectivity index (χ1n) is 7.87. The van der Waals surface area contributed by atoms with E-state index < -0.39 is 0 Å². The second-order valence-electron chi connectivity index (χ2n) is 5.52. The van der Waals surface area contributed by atoms with Gasteiger partial charge in [-0.3, -0.25) is 10.9 Å². The van der Waals surface area contributed by atoms with Crippen LogP contribution in [0.15, 0.2) is 24.3 Å². The normalized spacial score (nSPS) is 11.4. The van der Waals surface area contributed by atoms with Gasteiger partial charge in [-0.05, 0) is 61.0 Å². The SMILES string of the molecule is CCCCC[C@@H](C)CNC(=S)NNC(=S)Nc1ccc(Cl)cc1. The van der Waals surface area contributed by atoms with Crippen LogP contribution in [-0.4, -0.2) is 16.8 Å². The Labute approximate surface area is 154 Å². The second kappa shape index (κ2) is 11.4. The van der Waals surface area contributed by atoms with Crippen LogP contribution in [-0.2, 0) is 0 Å². The Kier molecular flexibility index (Phi) is 9.91. The van der Waals surface area contributed by atoms with Crippen LogP contribution in [0, 0.1) is 5.92 Å². The summed E-state index contributed by atoms with van der Waals surface area (Å²) in [4.78, 5) is 0. The fraction of sp³-hybridized carbons (Fsp3) is 0.500. The van der Waals surface area contributed by atoms with Crippen molar-refractivity contribution in [3.05, 3.63) is 29.3 Å². The highest BCUT2D eigenvalue weighted by molar-refractivity contribution is 7.80. The summed E-state index contributed by atoms with van der Waals surface area (Å²) in [6.45, 7) is 5.30. The van der Waals surface area contributed by atoms with E-state index in [0.717, 1.165) is 12.2 Å². The van der Waals surface area contributed by atoms with E-state index in [4.69, 9.17) is 36.0 Å². The van der Waals surface area contributed by atoms with Crippen LogP contribution in [0.1, 0.15) is 39.5 Å². The summed E-state index contributed by atoms with van der Waals surface area (Å²) >= 11 is 16.2. The standard InChI is InChI=1S/C16H25ClN4S2/c1-3-4-5-6-12(2)11-18-15(22)20-21-16(23)19-14-9-7-13(17)8-10-14/h7-10,12H,3-6,11H2,1-2H3,(H2,18,20,22)(H2,19,21,23)/t12-/m1/s1. The zero-order valence-electron chi connectivity index (χ0n) is 13.6. The van der Waals surface area contributed by atoms with E-state index in [1.807, 2.05) is 12.1 Å². The van der Waals surface area contributed by atoms with E-state index >= 15 is 0 Å². The Morgan fingerprint density at radius 3 is 2.39 bits per heavy atom. The van der Waals surface area contributed by atoms with E-state index in [-0.39, 0.29) is 0 Å². The van der Waals surface area contributed by atoms with Gasteiger partial charge >= 0.3 is 0 Å². The van der Waals surface area contributed by atoms with Gasteiger partial charge in [0.2, 0.25) is 0 Å². The lowest BCUT2D eigenvalue weighted by Crippen LogP contribution is -2.48. The molecule has 1 aromatic carbocycles. The molecule has 0 aliphatic rings. The predicted molar refractivity (Wildman–Crippen MR) is 108 cm³/mol. The monoisotopic (exact) mass is 372 g/mol. The molecule has 0 saturated carbocycles. The lowest BCUT2D eigenvalue weighted by molar-refractivity contribution is 0.486. The van der Waals surface area contributed by atoms with E-state index in [0.29, 0.717) is 21.2 Å². The molecule has 4 nitrogen and oxygen atoms in total. The number of nitrogens with one attached hydrogen (secondary N) is 4. The number of thiocarbonyl (C=S) groups is 2. The number of benzene rings is 1. The van der Waals surface area contributed by atoms with Crippen molar-refractivity contribution >= 4 is 51.9 Å². The fourth-order valence-corrected chi connectivity index (χ4v) is 2.39. The average Bonchev–Trinajstić information content (AvgIpc) is 2.53. The van der Waals surface area contributed by atoms with E-state index in [9.17, 15) is 0 Å². The van der Waals surface area contributed by atoms with Gasteiger partial charge in [0.05, 0.1) is 0 Å². The topological polar surface area (TPSA) is 48.1 Å². The molecule has 0 aliphatic carbocycles. The van der Waals surface area contributed by atoms with Gasteiger partial charge in [-0.1, -0.05) is 44.7 Å². The number of rotatable bonds is 7. The van der Waals surface area contributed by atoms with Crippen molar-refractivity contribution in [2.24, 2.45) is 5.92 Å². The molecule has 4 N–H and O–H groups in total. The van der Waals surface area contributed by atoms with Crippen molar-refractivity contribution in [2.45, 2.75) is 39.5 Å². The Morgan fingerprint density at radius 1 is 1.09 bits per heavy atom. The van der Waals surface area contributed by atoms with E-state index in [1.165, 1.54) is 25.7 Å².